The summed E-state index contributed by atoms with van der Waals surface area (Å²) in [6.07, 6.45) is 7.36. The van der Waals surface area contributed by atoms with Crippen LogP contribution < -0.4 is 0 Å². The summed E-state index contributed by atoms with van der Waals surface area (Å²) >= 11 is 0. The number of nitrogens with one attached hydrogen (secondary N) is 1. The van der Waals surface area contributed by atoms with Gasteiger partial charge in [-0.1, -0.05) is 54.6 Å². The van der Waals surface area contributed by atoms with Crippen LogP contribution in [0.2, 0.25) is 0 Å². The van der Waals surface area contributed by atoms with Crippen LogP contribution in [0.3, 0.4) is 0 Å². The molecule has 0 spiro atoms. The monoisotopic (exact) mass is 342 g/mol. The fourth-order valence-electron chi connectivity index (χ4n) is 4.75. The molecule has 1 N–H and O–H groups in total. The Balaban J connectivity index is 1.26. The normalized spacial score (nSPS) is 20.8. The Labute approximate surface area is 155 Å². The number of benzene rings is 2. The Bertz CT molecular complexity index is 935. The maximum absolute atomic E-state index is 3.64. The van der Waals surface area contributed by atoms with E-state index in [4.69, 9.17) is 0 Å². The molecule has 0 saturated heterocycles. The number of aryl methyl sites for hydroxylation is 1. The van der Waals surface area contributed by atoms with Crippen molar-refractivity contribution >= 4 is 16.5 Å². The molecule has 1 aromatic heterocycles. The van der Waals surface area contributed by atoms with Crippen molar-refractivity contribution in [2.45, 2.75) is 25.7 Å². The van der Waals surface area contributed by atoms with E-state index < -0.39 is 0 Å². The second-order valence-electron chi connectivity index (χ2n) is 7.84. The standard InChI is InChI=1S/C24H26N2/c1-2-6-19(7-3-1)20-12-14-26(15-13-20)17-18-10-11-24-22(16-18)21-8-4-5-9-23(21)25-24/h1-9,12,18,25H,10-11,13-17H2. The first-order valence-electron chi connectivity index (χ1n) is 9.92. The summed E-state index contributed by atoms with van der Waals surface area (Å²) in [5.74, 6) is 0.786. The number of hydrogen-bond donors (Lipinski definition) is 1. The molecule has 26 heavy (non-hydrogen) atoms. The van der Waals surface area contributed by atoms with Crippen molar-refractivity contribution in [2.75, 3.05) is 19.6 Å². The number of H-pyrrole nitrogens is 1. The minimum Gasteiger partial charge on any atom is -0.358 e. The second kappa shape index (κ2) is 6.77. The Morgan fingerprint density at radius 1 is 0.962 bits per heavy atom. The minimum absolute atomic E-state index is 0.786. The summed E-state index contributed by atoms with van der Waals surface area (Å²) in [5.41, 5.74) is 7.28. The van der Waals surface area contributed by atoms with E-state index in [1.165, 1.54) is 66.5 Å². The van der Waals surface area contributed by atoms with Gasteiger partial charge >= 0.3 is 0 Å². The van der Waals surface area contributed by atoms with Crippen molar-refractivity contribution in [3.05, 3.63) is 77.5 Å². The minimum atomic E-state index is 0.786. The molecule has 2 heterocycles. The summed E-state index contributed by atoms with van der Waals surface area (Å²) in [6.45, 7) is 3.52. The van der Waals surface area contributed by atoms with Gasteiger partial charge < -0.3 is 4.98 Å². The summed E-state index contributed by atoms with van der Waals surface area (Å²) in [4.78, 5) is 6.29. The van der Waals surface area contributed by atoms with Gasteiger partial charge in [-0.25, -0.2) is 0 Å². The molecule has 5 rings (SSSR count). The molecule has 2 nitrogen and oxygen atoms in total. The Morgan fingerprint density at radius 3 is 2.65 bits per heavy atom. The van der Waals surface area contributed by atoms with Gasteiger partial charge in [-0.3, -0.25) is 4.90 Å². The van der Waals surface area contributed by atoms with Crippen LogP contribution in [0.25, 0.3) is 16.5 Å². The van der Waals surface area contributed by atoms with E-state index >= 15 is 0 Å². The highest BCUT2D eigenvalue weighted by Crippen LogP contribution is 2.32. The van der Waals surface area contributed by atoms with Crippen LogP contribution in [0, 0.1) is 5.92 Å². The molecule has 132 valence electrons. The molecule has 1 aliphatic heterocycles. The first kappa shape index (κ1) is 15.9. The van der Waals surface area contributed by atoms with E-state index in [-0.39, 0.29) is 0 Å². The summed E-state index contributed by atoms with van der Waals surface area (Å²) in [5, 5.41) is 1.44. The molecule has 1 aliphatic carbocycles. The topological polar surface area (TPSA) is 19.0 Å². The summed E-state index contributed by atoms with van der Waals surface area (Å²) in [7, 11) is 0. The molecule has 2 aliphatic rings. The number of rotatable bonds is 3. The number of para-hydroxylation sites is 1. The quantitative estimate of drug-likeness (QED) is 0.705. The number of fused-ring (bicyclic) bond motifs is 3. The molecule has 0 saturated carbocycles. The highest BCUT2D eigenvalue weighted by atomic mass is 15.1. The summed E-state index contributed by atoms with van der Waals surface area (Å²) in [6, 6.07) is 19.6. The van der Waals surface area contributed by atoms with Gasteiger partial charge in [0.2, 0.25) is 0 Å². The van der Waals surface area contributed by atoms with E-state index in [1.807, 2.05) is 0 Å². The second-order valence-corrected chi connectivity index (χ2v) is 7.84. The largest absolute Gasteiger partial charge is 0.358 e. The van der Waals surface area contributed by atoms with E-state index in [1.54, 1.807) is 5.56 Å². The van der Waals surface area contributed by atoms with E-state index in [0.29, 0.717) is 0 Å². The SMILES string of the molecule is C1=C(c2ccccc2)CCN(CC2CCc3[nH]c4ccccc4c3C2)C1. The highest BCUT2D eigenvalue weighted by Gasteiger charge is 2.24. The molecule has 0 fully saturated rings. The van der Waals surface area contributed by atoms with Gasteiger partial charge in [0, 0.05) is 36.2 Å². The highest BCUT2D eigenvalue weighted by molar-refractivity contribution is 5.84. The zero-order chi connectivity index (χ0) is 17.3. The smallest absolute Gasteiger partial charge is 0.0458 e. The lowest BCUT2D eigenvalue weighted by molar-refractivity contribution is 0.238. The van der Waals surface area contributed by atoms with Gasteiger partial charge in [0.15, 0.2) is 0 Å². The molecule has 3 aromatic rings. The van der Waals surface area contributed by atoms with Gasteiger partial charge in [-0.2, -0.15) is 0 Å². The molecule has 0 bridgehead atoms. The van der Waals surface area contributed by atoms with E-state index in [9.17, 15) is 0 Å². The van der Waals surface area contributed by atoms with Crippen molar-refractivity contribution in [1.82, 2.24) is 9.88 Å². The lowest BCUT2D eigenvalue weighted by Crippen LogP contribution is -2.35. The van der Waals surface area contributed by atoms with Crippen molar-refractivity contribution in [3.8, 4) is 0 Å². The van der Waals surface area contributed by atoms with Crippen molar-refractivity contribution in [3.63, 3.8) is 0 Å². The third kappa shape index (κ3) is 2.99. The predicted molar refractivity (Wildman–Crippen MR) is 109 cm³/mol. The lowest BCUT2D eigenvalue weighted by Gasteiger charge is -2.32. The van der Waals surface area contributed by atoms with Crippen LogP contribution >= 0.6 is 0 Å². The molecule has 2 aromatic carbocycles. The van der Waals surface area contributed by atoms with Crippen molar-refractivity contribution < 1.29 is 0 Å². The van der Waals surface area contributed by atoms with Crippen LogP contribution in [0.5, 0.6) is 0 Å². The number of nitrogens with zero attached hydrogens (tertiary/aromatic N) is 1. The van der Waals surface area contributed by atoms with Crippen LogP contribution in [-0.2, 0) is 12.8 Å². The molecular weight excluding hydrogens is 316 g/mol. The molecule has 2 heteroatoms. The maximum atomic E-state index is 3.64. The zero-order valence-corrected chi connectivity index (χ0v) is 15.2. The van der Waals surface area contributed by atoms with Gasteiger partial charge in [-0.15, -0.1) is 0 Å². The van der Waals surface area contributed by atoms with Crippen molar-refractivity contribution in [1.29, 1.82) is 0 Å². The molecule has 0 radical (unpaired) electrons. The Hall–Kier alpha value is -2.32. The third-order valence-corrected chi connectivity index (χ3v) is 6.15. The van der Waals surface area contributed by atoms with Crippen LogP contribution in [0.4, 0.5) is 0 Å². The average Bonchev–Trinajstić information content (AvgIpc) is 3.07. The fourth-order valence-corrected chi connectivity index (χ4v) is 4.75. The van der Waals surface area contributed by atoms with Crippen LogP contribution in [0.1, 0.15) is 29.7 Å². The van der Waals surface area contributed by atoms with Gasteiger partial charge in [0.1, 0.15) is 0 Å². The molecule has 0 amide bonds. The molecule has 1 atom stereocenters. The lowest BCUT2D eigenvalue weighted by atomic mass is 9.85. The zero-order valence-electron chi connectivity index (χ0n) is 15.2. The summed E-state index contributed by atoms with van der Waals surface area (Å²) < 4.78 is 0. The fraction of sp³-hybridized carbons (Fsp3) is 0.333. The number of aromatic amines is 1. The van der Waals surface area contributed by atoms with E-state index in [2.05, 4.69) is 70.6 Å². The Morgan fingerprint density at radius 2 is 1.81 bits per heavy atom. The first-order chi connectivity index (χ1) is 12.9. The first-order valence-corrected chi connectivity index (χ1v) is 9.92. The van der Waals surface area contributed by atoms with Gasteiger partial charge in [0.25, 0.3) is 0 Å². The van der Waals surface area contributed by atoms with Crippen LogP contribution in [-0.4, -0.2) is 29.5 Å². The Kier molecular flexibility index (Phi) is 4.14. The maximum Gasteiger partial charge on any atom is 0.0458 e. The van der Waals surface area contributed by atoms with Gasteiger partial charge in [-0.05, 0) is 54.4 Å². The molecule has 1 unspecified atom stereocenters. The van der Waals surface area contributed by atoms with Crippen LogP contribution in [0.15, 0.2) is 60.7 Å². The van der Waals surface area contributed by atoms with E-state index in [0.717, 1.165) is 12.5 Å². The van der Waals surface area contributed by atoms with Gasteiger partial charge in [0.05, 0.1) is 0 Å². The predicted octanol–water partition coefficient (Wildman–Crippen LogP) is 5.06. The number of hydrogen-bond acceptors (Lipinski definition) is 1. The van der Waals surface area contributed by atoms with Crippen molar-refractivity contribution in [2.24, 2.45) is 5.92 Å². The number of aromatic nitrogens is 1. The average molecular weight is 342 g/mol. The molecular formula is C24H26N2. The third-order valence-electron chi connectivity index (χ3n) is 6.15.